The molecule has 0 radical (unpaired) electrons. The molecule has 1 atom stereocenters. The Bertz CT molecular complexity index is 1140. The molecule has 0 saturated carbocycles. The summed E-state index contributed by atoms with van der Waals surface area (Å²) >= 11 is 6.25. The summed E-state index contributed by atoms with van der Waals surface area (Å²) in [6.07, 6.45) is -1.18. The van der Waals surface area contributed by atoms with Crippen LogP contribution in [0.25, 0.3) is 22.3 Å². The number of hydrogen-bond acceptors (Lipinski definition) is 4. The number of furan rings is 1. The lowest BCUT2D eigenvalue weighted by Crippen LogP contribution is -2.03. The first-order valence-electron chi connectivity index (χ1n) is 8.25. The van der Waals surface area contributed by atoms with Gasteiger partial charge in [0.1, 0.15) is 17.4 Å². The third-order valence-electron chi connectivity index (χ3n) is 4.43. The van der Waals surface area contributed by atoms with Gasteiger partial charge in [-0.25, -0.2) is 0 Å². The van der Waals surface area contributed by atoms with Crippen LogP contribution in [0.5, 0.6) is 0 Å². The van der Waals surface area contributed by atoms with Crippen molar-refractivity contribution < 1.29 is 14.4 Å². The van der Waals surface area contributed by atoms with Crippen LogP contribution < -0.4 is 0 Å². The highest BCUT2D eigenvalue weighted by Gasteiger charge is 2.26. The van der Waals surface area contributed by atoms with Gasteiger partial charge in [0, 0.05) is 39.2 Å². The normalized spacial score (nSPS) is 12.2. The third-order valence-corrected chi connectivity index (χ3v) is 4.77. The van der Waals surface area contributed by atoms with Crippen molar-refractivity contribution in [3.05, 3.63) is 99.1 Å². The Labute approximate surface area is 159 Å². The fourth-order valence-electron chi connectivity index (χ4n) is 3.15. The lowest BCUT2D eigenvalue weighted by atomic mass is 9.95. The van der Waals surface area contributed by atoms with Gasteiger partial charge in [-0.1, -0.05) is 60.1 Å². The van der Waals surface area contributed by atoms with Gasteiger partial charge in [0.25, 0.3) is 5.69 Å². The van der Waals surface area contributed by atoms with Crippen molar-refractivity contribution in [1.29, 1.82) is 0 Å². The van der Waals surface area contributed by atoms with Crippen molar-refractivity contribution in [3.8, 4) is 11.3 Å². The van der Waals surface area contributed by atoms with Gasteiger partial charge in [-0.05, 0) is 12.1 Å². The number of nitro benzene ring substituents is 1. The second-order valence-corrected chi connectivity index (χ2v) is 6.48. The van der Waals surface area contributed by atoms with Gasteiger partial charge >= 0.3 is 0 Å². The van der Waals surface area contributed by atoms with E-state index in [9.17, 15) is 15.2 Å². The van der Waals surface area contributed by atoms with Crippen molar-refractivity contribution in [1.82, 2.24) is 0 Å². The van der Waals surface area contributed by atoms with Gasteiger partial charge in [-0.15, -0.1) is 0 Å². The van der Waals surface area contributed by atoms with Gasteiger partial charge in [-0.3, -0.25) is 10.1 Å². The van der Waals surface area contributed by atoms with Gasteiger partial charge in [0.2, 0.25) is 0 Å². The molecule has 0 aliphatic carbocycles. The Morgan fingerprint density at radius 1 is 1.00 bits per heavy atom. The van der Waals surface area contributed by atoms with Crippen LogP contribution in [0.1, 0.15) is 17.2 Å². The summed E-state index contributed by atoms with van der Waals surface area (Å²) in [5.41, 5.74) is 2.06. The monoisotopic (exact) mass is 379 g/mol. The van der Waals surface area contributed by atoms with Crippen molar-refractivity contribution >= 4 is 28.3 Å². The van der Waals surface area contributed by atoms with Gasteiger partial charge in [0.05, 0.1) is 4.92 Å². The largest absolute Gasteiger partial charge is 0.456 e. The molecule has 27 heavy (non-hydrogen) atoms. The van der Waals surface area contributed by atoms with E-state index in [0.29, 0.717) is 16.9 Å². The summed E-state index contributed by atoms with van der Waals surface area (Å²) in [6.45, 7) is 0. The molecule has 1 aromatic heterocycles. The number of non-ortho nitro benzene ring substituents is 1. The lowest BCUT2D eigenvalue weighted by Gasteiger charge is -2.14. The molecular weight excluding hydrogens is 366 g/mol. The molecule has 1 heterocycles. The Kier molecular flexibility index (Phi) is 4.39. The molecule has 5 nitrogen and oxygen atoms in total. The minimum absolute atomic E-state index is 0.137. The van der Waals surface area contributed by atoms with Crippen molar-refractivity contribution in [2.45, 2.75) is 6.10 Å². The molecule has 4 rings (SSSR count). The zero-order valence-electron chi connectivity index (χ0n) is 14.0. The molecule has 0 aliphatic heterocycles. The van der Waals surface area contributed by atoms with Crippen LogP contribution in [-0.2, 0) is 0 Å². The SMILES string of the molecule is O=[N+]([O-])c1ccc(Cl)c(C(O)c2c(-c3ccccc3)oc3ccccc23)c1. The van der Waals surface area contributed by atoms with E-state index in [0.717, 1.165) is 10.9 Å². The van der Waals surface area contributed by atoms with Crippen molar-refractivity contribution in [3.63, 3.8) is 0 Å². The van der Waals surface area contributed by atoms with Crippen LogP contribution >= 0.6 is 11.6 Å². The minimum Gasteiger partial charge on any atom is -0.456 e. The first kappa shape index (κ1) is 17.3. The summed E-state index contributed by atoms with van der Waals surface area (Å²) in [6, 6.07) is 20.8. The summed E-state index contributed by atoms with van der Waals surface area (Å²) < 4.78 is 6.01. The number of para-hydroxylation sites is 1. The van der Waals surface area contributed by atoms with Gasteiger partial charge in [-0.2, -0.15) is 0 Å². The molecule has 0 aliphatic rings. The average molecular weight is 380 g/mol. The van der Waals surface area contributed by atoms with Gasteiger partial charge in [0.15, 0.2) is 0 Å². The summed E-state index contributed by atoms with van der Waals surface area (Å²) in [5.74, 6) is 0.506. The summed E-state index contributed by atoms with van der Waals surface area (Å²) in [7, 11) is 0. The number of aliphatic hydroxyl groups excluding tert-OH is 1. The number of fused-ring (bicyclic) bond motifs is 1. The average Bonchev–Trinajstić information content (AvgIpc) is 3.08. The second kappa shape index (κ2) is 6.87. The number of hydrogen-bond donors (Lipinski definition) is 1. The van der Waals surface area contributed by atoms with E-state index in [-0.39, 0.29) is 16.3 Å². The molecule has 6 heteroatoms. The number of nitrogens with zero attached hydrogens (tertiary/aromatic N) is 1. The second-order valence-electron chi connectivity index (χ2n) is 6.07. The fraction of sp³-hybridized carbons (Fsp3) is 0.0476. The Morgan fingerprint density at radius 2 is 1.70 bits per heavy atom. The van der Waals surface area contributed by atoms with Crippen molar-refractivity contribution in [2.24, 2.45) is 0 Å². The van der Waals surface area contributed by atoms with E-state index in [1.165, 1.54) is 18.2 Å². The maximum Gasteiger partial charge on any atom is 0.269 e. The van der Waals surface area contributed by atoms with E-state index in [4.69, 9.17) is 16.0 Å². The Hall–Kier alpha value is -3.15. The first-order chi connectivity index (χ1) is 13.1. The van der Waals surface area contributed by atoms with Crippen LogP contribution in [0.2, 0.25) is 5.02 Å². The molecule has 134 valence electrons. The number of benzene rings is 3. The molecular formula is C21H14ClNO4. The van der Waals surface area contributed by atoms with Crippen molar-refractivity contribution in [2.75, 3.05) is 0 Å². The quantitative estimate of drug-likeness (QED) is 0.362. The fourth-order valence-corrected chi connectivity index (χ4v) is 3.37. The zero-order valence-corrected chi connectivity index (χ0v) is 14.8. The highest BCUT2D eigenvalue weighted by molar-refractivity contribution is 6.31. The molecule has 3 aromatic carbocycles. The molecule has 1 N–H and O–H groups in total. The molecule has 0 amide bonds. The maximum absolute atomic E-state index is 11.1. The predicted octanol–water partition coefficient (Wildman–Crippen LogP) is 5.74. The number of aliphatic hydroxyl groups is 1. The highest BCUT2D eigenvalue weighted by atomic mass is 35.5. The van der Waals surface area contributed by atoms with E-state index in [1.807, 2.05) is 54.6 Å². The van der Waals surface area contributed by atoms with Crippen LogP contribution in [-0.4, -0.2) is 10.0 Å². The molecule has 0 spiro atoms. The zero-order chi connectivity index (χ0) is 19.0. The van der Waals surface area contributed by atoms with E-state index < -0.39 is 11.0 Å². The van der Waals surface area contributed by atoms with Crippen LogP contribution in [0.3, 0.4) is 0 Å². The predicted molar refractivity (Wildman–Crippen MR) is 104 cm³/mol. The Morgan fingerprint density at radius 3 is 2.44 bits per heavy atom. The standard InChI is InChI=1S/C21H14ClNO4/c22-17-11-10-14(23(25)26)12-16(17)20(24)19-15-8-4-5-9-18(15)27-21(19)13-6-2-1-3-7-13/h1-12,20,24H. The summed E-state index contributed by atoms with van der Waals surface area (Å²) in [5, 5.41) is 23.3. The number of halogens is 1. The van der Waals surface area contributed by atoms with Crippen LogP contribution in [0, 0.1) is 10.1 Å². The van der Waals surface area contributed by atoms with Gasteiger partial charge < -0.3 is 9.52 Å². The highest BCUT2D eigenvalue weighted by Crippen LogP contribution is 2.41. The smallest absolute Gasteiger partial charge is 0.269 e. The molecule has 0 fully saturated rings. The van der Waals surface area contributed by atoms with Crippen LogP contribution in [0.15, 0.2) is 77.2 Å². The third kappa shape index (κ3) is 3.07. The molecule has 0 saturated heterocycles. The van der Waals surface area contributed by atoms with E-state index in [2.05, 4.69) is 0 Å². The molecule has 0 bridgehead atoms. The van der Waals surface area contributed by atoms with E-state index in [1.54, 1.807) is 0 Å². The van der Waals surface area contributed by atoms with Crippen LogP contribution in [0.4, 0.5) is 5.69 Å². The molecule has 1 unspecified atom stereocenters. The minimum atomic E-state index is -1.18. The first-order valence-corrected chi connectivity index (χ1v) is 8.63. The molecule has 4 aromatic rings. The van der Waals surface area contributed by atoms with E-state index >= 15 is 0 Å². The number of rotatable bonds is 4. The Balaban J connectivity index is 1.96. The number of nitro groups is 1. The topological polar surface area (TPSA) is 76.5 Å². The summed E-state index contributed by atoms with van der Waals surface area (Å²) in [4.78, 5) is 10.6. The lowest BCUT2D eigenvalue weighted by molar-refractivity contribution is -0.385. The maximum atomic E-state index is 11.1.